The molecule has 0 bridgehead atoms. The van der Waals surface area contributed by atoms with E-state index in [2.05, 4.69) is 38.9 Å². The van der Waals surface area contributed by atoms with Crippen LogP contribution in [-0.2, 0) is 17.6 Å². The lowest BCUT2D eigenvalue weighted by molar-refractivity contribution is -0.134. The Morgan fingerprint density at radius 3 is 2.63 bits per heavy atom. The molecule has 188 valence electrons. The molecular weight excluding hydrogens is 438 g/mol. The quantitative estimate of drug-likeness (QED) is 0.648. The zero-order valence-corrected chi connectivity index (χ0v) is 21.3. The van der Waals surface area contributed by atoms with Crippen molar-refractivity contribution in [1.82, 2.24) is 24.8 Å². The molecule has 2 aliphatic carbocycles. The second kappa shape index (κ2) is 9.10. The number of H-pyrrole nitrogens is 1. The molecule has 0 radical (unpaired) electrons. The fourth-order valence-electron chi connectivity index (χ4n) is 6.41. The maximum atomic E-state index is 13.5. The van der Waals surface area contributed by atoms with Gasteiger partial charge in [-0.25, -0.2) is 9.97 Å². The molecule has 0 spiro atoms. The van der Waals surface area contributed by atoms with Gasteiger partial charge in [0.05, 0.1) is 11.9 Å². The number of nitrogens with one attached hydrogen (secondary N) is 2. The van der Waals surface area contributed by atoms with E-state index in [1.54, 1.807) is 0 Å². The Morgan fingerprint density at radius 2 is 1.83 bits per heavy atom. The summed E-state index contributed by atoms with van der Waals surface area (Å²) in [6.45, 7) is 7.16. The van der Waals surface area contributed by atoms with Gasteiger partial charge in [0.1, 0.15) is 11.9 Å². The van der Waals surface area contributed by atoms with Gasteiger partial charge in [-0.15, -0.1) is 0 Å². The second-order valence-corrected chi connectivity index (χ2v) is 11.8. The Balaban J connectivity index is 1.23. The van der Waals surface area contributed by atoms with E-state index in [1.165, 1.54) is 36.9 Å². The third-order valence-corrected chi connectivity index (χ3v) is 8.77. The highest BCUT2D eigenvalue weighted by atomic mass is 16.2. The van der Waals surface area contributed by atoms with Crippen LogP contribution in [0.15, 0.2) is 6.20 Å². The third kappa shape index (κ3) is 4.52. The van der Waals surface area contributed by atoms with Crippen LogP contribution in [0.25, 0.3) is 0 Å². The van der Waals surface area contributed by atoms with Crippen molar-refractivity contribution in [3.05, 3.63) is 23.1 Å². The molecular formula is C27H39N7O. The normalized spacial score (nSPS) is 24.2. The number of rotatable bonds is 5. The number of hydrogen-bond donors (Lipinski definition) is 2. The maximum Gasteiger partial charge on any atom is 0.245 e. The van der Waals surface area contributed by atoms with Crippen molar-refractivity contribution >= 4 is 23.6 Å². The fourth-order valence-corrected chi connectivity index (χ4v) is 6.41. The fraction of sp³-hybridized carbons (Fsp3) is 0.704. The number of aromatic amines is 1. The van der Waals surface area contributed by atoms with E-state index >= 15 is 0 Å². The summed E-state index contributed by atoms with van der Waals surface area (Å²) in [5, 5.41) is 3.49. The molecule has 35 heavy (non-hydrogen) atoms. The largest absolute Gasteiger partial charge is 0.341 e. The summed E-state index contributed by atoms with van der Waals surface area (Å²) in [5.41, 5.74) is 3.89. The maximum absolute atomic E-state index is 13.5. The predicted molar refractivity (Wildman–Crippen MR) is 137 cm³/mol. The van der Waals surface area contributed by atoms with Gasteiger partial charge in [-0.2, -0.15) is 4.98 Å². The molecule has 2 aromatic rings. The summed E-state index contributed by atoms with van der Waals surface area (Å²) in [6.07, 6.45) is 14.2. The number of anilines is 3. The van der Waals surface area contributed by atoms with E-state index in [0.29, 0.717) is 17.3 Å². The van der Waals surface area contributed by atoms with E-state index in [0.717, 1.165) is 82.0 Å². The van der Waals surface area contributed by atoms with Gasteiger partial charge in [0, 0.05) is 36.8 Å². The molecule has 1 atom stereocenters. The topological polar surface area (TPSA) is 90.0 Å². The van der Waals surface area contributed by atoms with Crippen molar-refractivity contribution in [3.63, 3.8) is 0 Å². The van der Waals surface area contributed by atoms with Crippen molar-refractivity contribution in [1.29, 1.82) is 0 Å². The highest BCUT2D eigenvalue weighted by molar-refractivity contribution is 5.85. The van der Waals surface area contributed by atoms with Crippen LogP contribution in [0.5, 0.6) is 0 Å². The average molecular weight is 478 g/mol. The Bertz CT molecular complexity index is 1080. The number of amides is 1. The lowest BCUT2D eigenvalue weighted by Gasteiger charge is -2.39. The molecule has 2 aliphatic heterocycles. The van der Waals surface area contributed by atoms with Crippen LogP contribution >= 0.6 is 0 Å². The molecule has 8 nitrogen and oxygen atoms in total. The van der Waals surface area contributed by atoms with Gasteiger partial charge in [-0.05, 0) is 63.2 Å². The Morgan fingerprint density at radius 1 is 1.03 bits per heavy atom. The van der Waals surface area contributed by atoms with Crippen LogP contribution in [0.1, 0.15) is 94.5 Å². The monoisotopic (exact) mass is 477 g/mol. The number of nitrogens with zero attached hydrogens (tertiary/aromatic N) is 5. The number of likely N-dealkylation sites (tertiary alicyclic amines) is 1. The third-order valence-electron chi connectivity index (χ3n) is 8.77. The minimum absolute atomic E-state index is 0.152. The molecule has 1 saturated carbocycles. The first-order chi connectivity index (χ1) is 17.0. The molecule has 4 heterocycles. The van der Waals surface area contributed by atoms with Crippen molar-refractivity contribution in [2.24, 2.45) is 5.41 Å². The first-order valence-electron chi connectivity index (χ1n) is 13.7. The number of piperidine rings is 1. The minimum Gasteiger partial charge on any atom is -0.341 e. The highest BCUT2D eigenvalue weighted by Crippen LogP contribution is 2.36. The highest BCUT2D eigenvalue weighted by Gasteiger charge is 2.38. The lowest BCUT2D eigenvalue weighted by atomic mass is 9.82. The van der Waals surface area contributed by atoms with Gasteiger partial charge in [-0.1, -0.05) is 26.7 Å². The van der Waals surface area contributed by atoms with Gasteiger partial charge >= 0.3 is 0 Å². The van der Waals surface area contributed by atoms with Crippen LogP contribution in [0.4, 0.5) is 17.7 Å². The van der Waals surface area contributed by atoms with E-state index in [4.69, 9.17) is 9.97 Å². The van der Waals surface area contributed by atoms with Gasteiger partial charge in [0.15, 0.2) is 0 Å². The summed E-state index contributed by atoms with van der Waals surface area (Å²) in [7, 11) is 0. The van der Waals surface area contributed by atoms with E-state index in [-0.39, 0.29) is 11.9 Å². The molecule has 2 N–H and O–H groups in total. The number of aromatic nitrogens is 4. The van der Waals surface area contributed by atoms with Crippen LogP contribution < -0.4 is 10.2 Å². The summed E-state index contributed by atoms with van der Waals surface area (Å²) in [6, 6.07) is -0.152. The number of imidazole rings is 1. The zero-order valence-electron chi connectivity index (χ0n) is 21.3. The van der Waals surface area contributed by atoms with Crippen LogP contribution in [0.3, 0.4) is 0 Å². The molecule has 2 aromatic heterocycles. The van der Waals surface area contributed by atoms with Gasteiger partial charge in [-0.3, -0.25) is 4.79 Å². The molecule has 8 heteroatoms. The minimum atomic E-state index is -0.152. The first-order valence-corrected chi connectivity index (χ1v) is 13.7. The number of carbonyl (C=O) groups excluding carboxylic acids is 1. The molecule has 0 aromatic carbocycles. The number of aryl methyl sites for hydroxylation is 1. The molecule has 1 unspecified atom stereocenters. The Kier molecular flexibility index (Phi) is 5.93. The Labute approximate surface area is 208 Å². The van der Waals surface area contributed by atoms with Crippen LogP contribution in [-0.4, -0.2) is 56.4 Å². The lowest BCUT2D eigenvalue weighted by Crippen LogP contribution is -2.50. The smallest absolute Gasteiger partial charge is 0.245 e. The van der Waals surface area contributed by atoms with E-state index in [1.807, 2.05) is 6.20 Å². The molecule has 3 fully saturated rings. The summed E-state index contributed by atoms with van der Waals surface area (Å²) in [4.78, 5) is 35.9. The van der Waals surface area contributed by atoms with Gasteiger partial charge in [0.25, 0.3) is 0 Å². The van der Waals surface area contributed by atoms with E-state index < -0.39 is 0 Å². The standard InChI is InChI=1S/C27H39N7O/c1-27(2)12-15-33(16-13-27)24(35)22-11-6-14-34(22)26-30-20-10-5-9-19(20)23(32-26)31-25-28-17-21(29-25)18-7-3-4-8-18/h17-18,22H,3-16H2,1-2H3,(H2,28,29,30,31,32). The first kappa shape index (κ1) is 22.8. The molecule has 2 saturated heterocycles. The SMILES string of the molecule is CC1(C)CCN(C(=O)C2CCCN2c2nc3c(c(Nc4ncc(C5CCCC5)[nH]4)n2)CCC3)CC1. The molecule has 1 amide bonds. The van der Waals surface area contributed by atoms with Crippen LogP contribution in [0, 0.1) is 5.41 Å². The summed E-state index contributed by atoms with van der Waals surface area (Å²) >= 11 is 0. The van der Waals surface area contributed by atoms with Gasteiger partial charge < -0.3 is 20.1 Å². The Hall–Kier alpha value is -2.64. The second-order valence-electron chi connectivity index (χ2n) is 11.8. The zero-order chi connectivity index (χ0) is 24.0. The van der Waals surface area contributed by atoms with Crippen molar-refractivity contribution in [2.45, 2.75) is 96.4 Å². The molecule has 4 aliphatic rings. The summed E-state index contributed by atoms with van der Waals surface area (Å²) < 4.78 is 0. The number of fused-ring (bicyclic) bond motifs is 1. The average Bonchev–Trinajstić information content (AvgIpc) is 3.65. The number of hydrogen-bond acceptors (Lipinski definition) is 6. The van der Waals surface area contributed by atoms with Gasteiger partial charge in [0.2, 0.25) is 17.8 Å². The number of carbonyl (C=O) groups is 1. The van der Waals surface area contributed by atoms with Crippen LogP contribution in [0.2, 0.25) is 0 Å². The van der Waals surface area contributed by atoms with E-state index in [9.17, 15) is 4.79 Å². The predicted octanol–water partition coefficient (Wildman–Crippen LogP) is 4.71. The van der Waals surface area contributed by atoms with Crippen molar-refractivity contribution < 1.29 is 4.79 Å². The summed E-state index contributed by atoms with van der Waals surface area (Å²) in [5.74, 6) is 3.16. The van der Waals surface area contributed by atoms with Crippen molar-refractivity contribution in [3.8, 4) is 0 Å². The van der Waals surface area contributed by atoms with Crippen molar-refractivity contribution in [2.75, 3.05) is 29.9 Å². The molecule has 6 rings (SSSR count).